The van der Waals surface area contributed by atoms with Gasteiger partial charge in [0.15, 0.2) is 0 Å². The van der Waals surface area contributed by atoms with Gasteiger partial charge in [0, 0.05) is 12.0 Å². The highest BCUT2D eigenvalue weighted by molar-refractivity contribution is 7.14. The van der Waals surface area contributed by atoms with Gasteiger partial charge in [-0.2, -0.15) is 0 Å². The van der Waals surface area contributed by atoms with E-state index in [4.69, 9.17) is 4.74 Å². The lowest BCUT2D eigenvalue weighted by molar-refractivity contribution is 0.362. The molecule has 0 unspecified atom stereocenters. The number of ether oxygens (including phenoxy) is 1. The Morgan fingerprint density at radius 1 is 0.958 bits per heavy atom. The molecule has 24 heavy (non-hydrogen) atoms. The third kappa shape index (κ3) is 6.44. The highest BCUT2D eigenvalue weighted by atomic mass is 32.1. The van der Waals surface area contributed by atoms with E-state index >= 15 is 0 Å². The maximum atomic E-state index is 5.71. The van der Waals surface area contributed by atoms with Crippen molar-refractivity contribution >= 4 is 11.3 Å². The summed E-state index contributed by atoms with van der Waals surface area (Å²) >= 11 is 1.70. The zero-order valence-corrected chi connectivity index (χ0v) is 15.6. The molecule has 0 atom stereocenters. The van der Waals surface area contributed by atoms with Crippen molar-refractivity contribution in [1.82, 2.24) is 10.2 Å². The molecule has 0 spiro atoms. The molecule has 0 aliphatic carbocycles. The minimum atomic E-state index is 0.625. The lowest BCUT2D eigenvalue weighted by atomic mass is 10.2. The van der Waals surface area contributed by atoms with Gasteiger partial charge in [0.25, 0.3) is 0 Å². The summed E-state index contributed by atoms with van der Waals surface area (Å²) in [4.78, 5) is 0. The van der Waals surface area contributed by atoms with Gasteiger partial charge in [-0.3, -0.25) is 0 Å². The Morgan fingerprint density at radius 2 is 1.79 bits per heavy atom. The number of unbranched alkanes of at least 4 members (excludes halogenated alkanes) is 4. The predicted octanol–water partition coefficient (Wildman–Crippen LogP) is 6.06. The summed E-state index contributed by atoms with van der Waals surface area (Å²) < 4.78 is 5.71. The molecule has 0 bridgehead atoms. The fourth-order valence-corrected chi connectivity index (χ4v) is 3.25. The molecular formula is C20H28N2OS. The third-order valence-electron chi connectivity index (χ3n) is 3.78. The number of hydrogen-bond acceptors (Lipinski definition) is 4. The lowest BCUT2D eigenvalue weighted by Gasteiger charge is -2.03. The first-order valence-electron chi connectivity index (χ1n) is 9.04. The number of hydrogen-bond donors (Lipinski definition) is 0. The van der Waals surface area contributed by atoms with E-state index < -0.39 is 0 Å². The van der Waals surface area contributed by atoms with Crippen LogP contribution < -0.4 is 4.74 Å². The van der Waals surface area contributed by atoms with Crippen LogP contribution in [0.15, 0.2) is 36.4 Å². The summed E-state index contributed by atoms with van der Waals surface area (Å²) in [7, 11) is 0. The van der Waals surface area contributed by atoms with E-state index in [0.29, 0.717) is 6.61 Å². The Balaban J connectivity index is 1.83. The van der Waals surface area contributed by atoms with Crippen LogP contribution in [0.3, 0.4) is 0 Å². The summed E-state index contributed by atoms with van der Waals surface area (Å²) in [5.74, 6) is 0.893. The maximum Gasteiger partial charge on any atom is 0.147 e. The van der Waals surface area contributed by atoms with Crippen LogP contribution in [0, 0.1) is 0 Å². The van der Waals surface area contributed by atoms with E-state index in [9.17, 15) is 0 Å². The molecule has 0 saturated carbocycles. The molecular weight excluding hydrogens is 316 g/mol. The molecule has 0 aliphatic rings. The van der Waals surface area contributed by atoms with Crippen LogP contribution >= 0.6 is 11.3 Å². The summed E-state index contributed by atoms with van der Waals surface area (Å²) in [6.45, 7) is 5.03. The Hall–Kier alpha value is -1.68. The van der Waals surface area contributed by atoms with Crippen molar-refractivity contribution in [2.24, 2.45) is 0 Å². The Morgan fingerprint density at radius 3 is 2.54 bits per heavy atom. The molecule has 4 heteroatoms. The average Bonchev–Trinajstić information content (AvgIpc) is 3.08. The minimum absolute atomic E-state index is 0.625. The molecule has 0 amide bonds. The first-order valence-corrected chi connectivity index (χ1v) is 9.85. The van der Waals surface area contributed by atoms with Crippen LogP contribution in [-0.2, 0) is 6.42 Å². The third-order valence-corrected chi connectivity index (χ3v) is 4.81. The van der Waals surface area contributed by atoms with Gasteiger partial charge in [-0.1, -0.05) is 63.0 Å². The highest BCUT2D eigenvalue weighted by Gasteiger charge is 2.06. The van der Waals surface area contributed by atoms with Gasteiger partial charge in [0.05, 0.1) is 0 Å². The summed E-state index contributed by atoms with van der Waals surface area (Å²) in [5.41, 5.74) is 1.11. The van der Waals surface area contributed by atoms with Crippen molar-refractivity contribution < 1.29 is 4.74 Å². The van der Waals surface area contributed by atoms with Crippen molar-refractivity contribution in [2.45, 2.75) is 58.8 Å². The standard InChI is InChI=1S/C20H28N2OS/c1-3-5-7-9-11-19-21-22-20(24-19)17-12-14-18(15-13-17)23-16-10-8-6-4-2/h8,10,12-15H,3-7,9,11,16H2,1-2H3. The number of aromatic nitrogens is 2. The fraction of sp³-hybridized carbons (Fsp3) is 0.500. The molecule has 1 aromatic carbocycles. The first kappa shape index (κ1) is 18.7. The Labute approximate surface area is 149 Å². The molecule has 1 heterocycles. The molecule has 0 radical (unpaired) electrons. The van der Waals surface area contributed by atoms with E-state index in [-0.39, 0.29) is 0 Å². The lowest BCUT2D eigenvalue weighted by Crippen LogP contribution is -1.92. The van der Waals surface area contributed by atoms with Crippen LogP contribution in [0.1, 0.15) is 57.4 Å². The largest absolute Gasteiger partial charge is 0.490 e. The summed E-state index contributed by atoms with van der Waals surface area (Å²) in [6.07, 6.45) is 12.6. The van der Waals surface area contributed by atoms with Crippen LogP contribution in [0.2, 0.25) is 0 Å². The fourth-order valence-electron chi connectivity index (χ4n) is 2.36. The number of aryl methyl sites for hydroxylation is 1. The van der Waals surface area contributed by atoms with Gasteiger partial charge in [0.2, 0.25) is 0 Å². The van der Waals surface area contributed by atoms with Gasteiger partial charge in [-0.25, -0.2) is 0 Å². The van der Waals surface area contributed by atoms with E-state index in [1.54, 1.807) is 11.3 Å². The molecule has 0 saturated heterocycles. The predicted molar refractivity (Wildman–Crippen MR) is 103 cm³/mol. The minimum Gasteiger partial charge on any atom is -0.490 e. The van der Waals surface area contributed by atoms with Crippen LogP contribution in [0.25, 0.3) is 10.6 Å². The van der Waals surface area contributed by atoms with Gasteiger partial charge in [-0.05, 0) is 37.1 Å². The Kier molecular flexibility index (Phi) is 8.53. The molecule has 0 aliphatic heterocycles. The molecule has 1 aromatic heterocycles. The van der Waals surface area contributed by atoms with Crippen LogP contribution in [-0.4, -0.2) is 16.8 Å². The second kappa shape index (κ2) is 11.0. The molecule has 0 N–H and O–H groups in total. The monoisotopic (exact) mass is 344 g/mol. The zero-order chi connectivity index (χ0) is 17.0. The number of rotatable bonds is 11. The average molecular weight is 345 g/mol. The van der Waals surface area contributed by atoms with Crippen LogP contribution in [0.4, 0.5) is 0 Å². The Bertz CT molecular complexity index is 604. The van der Waals surface area contributed by atoms with Gasteiger partial charge in [0.1, 0.15) is 22.4 Å². The van der Waals surface area contributed by atoms with E-state index in [2.05, 4.69) is 48.3 Å². The smallest absolute Gasteiger partial charge is 0.147 e. The highest BCUT2D eigenvalue weighted by Crippen LogP contribution is 2.26. The van der Waals surface area contributed by atoms with Crippen molar-refractivity contribution in [3.63, 3.8) is 0 Å². The normalized spacial score (nSPS) is 11.2. The van der Waals surface area contributed by atoms with Gasteiger partial charge >= 0.3 is 0 Å². The van der Waals surface area contributed by atoms with E-state index in [0.717, 1.165) is 34.2 Å². The maximum absolute atomic E-state index is 5.71. The molecule has 130 valence electrons. The van der Waals surface area contributed by atoms with E-state index in [1.165, 1.54) is 32.1 Å². The van der Waals surface area contributed by atoms with E-state index in [1.807, 2.05) is 12.1 Å². The number of allylic oxidation sites excluding steroid dienone is 1. The summed E-state index contributed by atoms with van der Waals surface area (Å²) in [5, 5.41) is 10.8. The number of benzene rings is 1. The number of nitrogens with zero attached hydrogens (tertiary/aromatic N) is 2. The molecule has 2 aromatic rings. The second-order valence-electron chi connectivity index (χ2n) is 5.91. The van der Waals surface area contributed by atoms with Crippen molar-refractivity contribution in [3.05, 3.63) is 41.4 Å². The van der Waals surface area contributed by atoms with Gasteiger partial charge < -0.3 is 4.74 Å². The molecule has 0 fully saturated rings. The molecule has 2 rings (SSSR count). The summed E-state index contributed by atoms with van der Waals surface area (Å²) in [6, 6.07) is 8.13. The first-order chi connectivity index (χ1) is 11.8. The second-order valence-corrected chi connectivity index (χ2v) is 6.97. The van der Waals surface area contributed by atoms with Crippen molar-refractivity contribution in [2.75, 3.05) is 6.61 Å². The van der Waals surface area contributed by atoms with Gasteiger partial charge in [-0.15, -0.1) is 10.2 Å². The van der Waals surface area contributed by atoms with Crippen LogP contribution in [0.5, 0.6) is 5.75 Å². The van der Waals surface area contributed by atoms with Crippen molar-refractivity contribution in [1.29, 1.82) is 0 Å². The topological polar surface area (TPSA) is 35.0 Å². The van der Waals surface area contributed by atoms with Crippen molar-refractivity contribution in [3.8, 4) is 16.3 Å². The SMILES string of the molecule is CCCC=CCOc1ccc(-c2nnc(CCCCCC)s2)cc1. The quantitative estimate of drug-likeness (QED) is 0.367. The zero-order valence-electron chi connectivity index (χ0n) is 14.8. The molecule has 3 nitrogen and oxygen atoms in total.